The second-order valence-electron chi connectivity index (χ2n) is 10.3. The fourth-order valence-electron chi connectivity index (χ4n) is 5.46. The van der Waals surface area contributed by atoms with Crippen LogP contribution in [0.1, 0.15) is 31.2 Å². The minimum absolute atomic E-state index is 0.0623. The summed E-state index contributed by atoms with van der Waals surface area (Å²) < 4.78 is 7.54. The minimum atomic E-state index is -0.0623. The van der Waals surface area contributed by atoms with Gasteiger partial charge in [0.25, 0.3) is 5.56 Å². The number of carbonyl (C=O) groups is 1. The second kappa shape index (κ2) is 12.5. The van der Waals surface area contributed by atoms with Crippen LogP contribution in [0, 0.1) is 11.7 Å². The van der Waals surface area contributed by atoms with Crippen LogP contribution < -0.4 is 15.4 Å². The van der Waals surface area contributed by atoms with Crippen LogP contribution >= 0.6 is 23.8 Å². The van der Waals surface area contributed by atoms with E-state index in [9.17, 15) is 9.59 Å². The minimum Gasteiger partial charge on any atom is -0.378 e. The molecule has 0 aliphatic carbocycles. The molecule has 0 radical (unpaired) electrons. The first kappa shape index (κ1) is 27.7. The van der Waals surface area contributed by atoms with E-state index in [0.29, 0.717) is 36.3 Å². The molecule has 2 aliphatic rings. The van der Waals surface area contributed by atoms with Crippen molar-refractivity contribution in [3.05, 3.63) is 62.1 Å². The normalized spacial score (nSPS) is 16.2. The van der Waals surface area contributed by atoms with Gasteiger partial charge >= 0.3 is 0 Å². The molecule has 2 fully saturated rings. The molecule has 0 saturated carbocycles. The lowest BCUT2D eigenvalue weighted by atomic mass is 10.1. The van der Waals surface area contributed by atoms with Crippen molar-refractivity contribution in [1.82, 2.24) is 14.5 Å². The number of benzene rings is 2. The predicted octanol–water partition coefficient (Wildman–Crippen LogP) is 4.77. The standard InChI is InChI=1S/C29H36ClN5O3S/c1-21-6-7-22(30)19-26(21)33-11-13-34(14-12-33)27(36)5-3-2-4-10-35-28(37)24-20-23(32-15-17-38-18-16-32)8-9-25(24)31-29(35)39/h6-9,19-20H,2-5,10-18H2,1H3,(H,31,39). The summed E-state index contributed by atoms with van der Waals surface area (Å²) in [5.41, 5.74) is 4.07. The van der Waals surface area contributed by atoms with Crippen LogP contribution in [0.4, 0.5) is 11.4 Å². The maximum Gasteiger partial charge on any atom is 0.262 e. The smallest absolute Gasteiger partial charge is 0.262 e. The molecule has 2 aromatic carbocycles. The van der Waals surface area contributed by atoms with Crippen molar-refractivity contribution in [2.24, 2.45) is 0 Å². The number of halogens is 1. The summed E-state index contributed by atoms with van der Waals surface area (Å²) in [6.07, 6.45) is 2.98. The van der Waals surface area contributed by atoms with Crippen LogP contribution in [0.25, 0.3) is 10.9 Å². The van der Waals surface area contributed by atoms with Crippen molar-refractivity contribution in [1.29, 1.82) is 0 Å². The van der Waals surface area contributed by atoms with Gasteiger partial charge in [-0.15, -0.1) is 0 Å². The van der Waals surface area contributed by atoms with Gasteiger partial charge in [0.05, 0.1) is 24.1 Å². The molecule has 1 aromatic heterocycles. The van der Waals surface area contributed by atoms with E-state index in [-0.39, 0.29) is 11.5 Å². The SMILES string of the molecule is Cc1ccc(Cl)cc1N1CCN(C(=O)CCCCCn2c(=S)[nH]c3ccc(N4CCOCC4)cc3c2=O)CC1. The fraction of sp³-hybridized carbons (Fsp3) is 0.483. The van der Waals surface area contributed by atoms with E-state index in [1.54, 1.807) is 4.57 Å². The number of unbranched alkanes of at least 4 members (excludes halogenated alkanes) is 2. The van der Waals surface area contributed by atoms with Crippen molar-refractivity contribution in [3.8, 4) is 0 Å². The highest BCUT2D eigenvalue weighted by Gasteiger charge is 2.22. The number of nitrogens with zero attached hydrogens (tertiary/aromatic N) is 4. The van der Waals surface area contributed by atoms with Crippen LogP contribution in [0.3, 0.4) is 0 Å². The molecule has 0 atom stereocenters. The van der Waals surface area contributed by atoms with Crippen molar-refractivity contribution in [3.63, 3.8) is 0 Å². The van der Waals surface area contributed by atoms with E-state index in [1.807, 2.05) is 41.3 Å². The lowest BCUT2D eigenvalue weighted by Gasteiger charge is -2.37. The number of anilines is 2. The second-order valence-corrected chi connectivity index (χ2v) is 11.1. The number of ether oxygens (including phenoxy) is 1. The van der Waals surface area contributed by atoms with Gasteiger partial charge in [0, 0.05) is 68.6 Å². The largest absolute Gasteiger partial charge is 0.378 e. The Bertz CT molecular complexity index is 1440. The Morgan fingerprint density at radius 1 is 0.974 bits per heavy atom. The van der Waals surface area contributed by atoms with E-state index >= 15 is 0 Å². The third kappa shape index (κ3) is 6.48. The molecule has 0 bridgehead atoms. The molecule has 1 amide bonds. The first-order valence-electron chi connectivity index (χ1n) is 13.8. The Balaban J connectivity index is 1.11. The molecule has 8 nitrogen and oxygen atoms in total. The number of rotatable bonds is 8. The molecule has 39 heavy (non-hydrogen) atoms. The first-order valence-corrected chi connectivity index (χ1v) is 14.6. The number of piperazine rings is 1. The third-order valence-electron chi connectivity index (χ3n) is 7.76. The van der Waals surface area contributed by atoms with Crippen LogP contribution in [0.5, 0.6) is 0 Å². The van der Waals surface area contributed by atoms with E-state index in [4.69, 9.17) is 28.6 Å². The highest BCUT2D eigenvalue weighted by Crippen LogP contribution is 2.25. The average molecular weight is 570 g/mol. The summed E-state index contributed by atoms with van der Waals surface area (Å²) in [4.78, 5) is 35.8. The number of aromatic nitrogens is 2. The molecule has 3 heterocycles. The lowest BCUT2D eigenvalue weighted by Crippen LogP contribution is -2.49. The summed E-state index contributed by atoms with van der Waals surface area (Å²) in [6.45, 7) is 8.71. The molecular weight excluding hydrogens is 534 g/mol. The van der Waals surface area contributed by atoms with Crippen LogP contribution in [0.2, 0.25) is 5.02 Å². The quantitative estimate of drug-likeness (QED) is 0.311. The number of hydrogen-bond donors (Lipinski definition) is 1. The molecule has 3 aromatic rings. The Morgan fingerprint density at radius 2 is 1.74 bits per heavy atom. The Kier molecular flexibility index (Phi) is 8.89. The number of H-pyrrole nitrogens is 1. The highest BCUT2D eigenvalue weighted by atomic mass is 35.5. The summed E-state index contributed by atoms with van der Waals surface area (Å²) in [6, 6.07) is 11.9. The number of aromatic amines is 1. The monoisotopic (exact) mass is 569 g/mol. The first-order chi connectivity index (χ1) is 18.9. The van der Waals surface area contributed by atoms with E-state index in [1.165, 1.54) is 5.56 Å². The summed E-state index contributed by atoms with van der Waals surface area (Å²) in [7, 11) is 0. The number of nitrogens with one attached hydrogen (secondary N) is 1. The maximum absolute atomic E-state index is 13.3. The molecule has 2 aliphatic heterocycles. The molecule has 1 N–H and O–H groups in total. The van der Waals surface area contributed by atoms with E-state index < -0.39 is 0 Å². The molecule has 0 spiro atoms. The molecular formula is C29H36ClN5O3S. The third-order valence-corrected chi connectivity index (χ3v) is 8.32. The average Bonchev–Trinajstić information content (AvgIpc) is 2.96. The zero-order valence-corrected chi connectivity index (χ0v) is 24.0. The van der Waals surface area contributed by atoms with E-state index in [0.717, 1.165) is 80.4 Å². The summed E-state index contributed by atoms with van der Waals surface area (Å²) >= 11 is 11.7. The number of amides is 1. The van der Waals surface area contributed by atoms with E-state index in [2.05, 4.69) is 21.7 Å². The van der Waals surface area contributed by atoms with Gasteiger partial charge in [-0.1, -0.05) is 24.1 Å². The number of aryl methyl sites for hydroxylation is 1. The topological polar surface area (TPSA) is 73.8 Å². The van der Waals surface area contributed by atoms with Gasteiger partial charge in [0.15, 0.2) is 4.77 Å². The number of hydrogen-bond acceptors (Lipinski definition) is 6. The highest BCUT2D eigenvalue weighted by molar-refractivity contribution is 7.71. The van der Waals surface area contributed by atoms with Gasteiger partial charge in [-0.2, -0.15) is 0 Å². The lowest BCUT2D eigenvalue weighted by molar-refractivity contribution is -0.131. The van der Waals surface area contributed by atoms with Crippen molar-refractivity contribution < 1.29 is 9.53 Å². The molecule has 5 rings (SSSR count). The van der Waals surface area contributed by atoms with Crippen molar-refractivity contribution >= 4 is 52.0 Å². The zero-order chi connectivity index (χ0) is 27.4. The van der Waals surface area contributed by atoms with Crippen molar-refractivity contribution in [2.75, 3.05) is 62.3 Å². The van der Waals surface area contributed by atoms with Gasteiger partial charge in [-0.25, -0.2) is 0 Å². The van der Waals surface area contributed by atoms with Crippen molar-refractivity contribution in [2.45, 2.75) is 39.2 Å². The predicted molar refractivity (Wildman–Crippen MR) is 160 cm³/mol. The van der Waals surface area contributed by atoms with Crippen LogP contribution in [-0.4, -0.2) is 72.8 Å². The van der Waals surface area contributed by atoms with Gasteiger partial charge in [0.1, 0.15) is 0 Å². The van der Waals surface area contributed by atoms with Crippen LogP contribution in [0.15, 0.2) is 41.2 Å². The Morgan fingerprint density at radius 3 is 2.51 bits per heavy atom. The van der Waals surface area contributed by atoms with Gasteiger partial charge in [0.2, 0.25) is 5.91 Å². The molecule has 0 unspecified atom stereocenters. The summed E-state index contributed by atoms with van der Waals surface area (Å²) in [5, 5.41) is 1.38. The molecule has 2 saturated heterocycles. The van der Waals surface area contributed by atoms with Gasteiger partial charge < -0.3 is 24.4 Å². The summed E-state index contributed by atoms with van der Waals surface area (Å²) in [5.74, 6) is 0.202. The van der Waals surface area contributed by atoms with Crippen LogP contribution in [-0.2, 0) is 16.1 Å². The van der Waals surface area contributed by atoms with Gasteiger partial charge in [-0.05, 0) is 67.9 Å². The number of fused-ring (bicyclic) bond motifs is 1. The Labute approximate surface area is 239 Å². The fourth-order valence-corrected chi connectivity index (χ4v) is 5.91. The zero-order valence-electron chi connectivity index (χ0n) is 22.5. The molecule has 10 heteroatoms. The molecule has 208 valence electrons. The van der Waals surface area contributed by atoms with Gasteiger partial charge in [-0.3, -0.25) is 14.2 Å². The Hall–Kier alpha value is -2.88. The number of morpholine rings is 1. The number of carbonyl (C=O) groups excluding carboxylic acids is 1. The maximum atomic E-state index is 13.3.